The summed E-state index contributed by atoms with van der Waals surface area (Å²) >= 11 is 17.6. The number of thiocarbonyl (C=S) groups is 1. The molecule has 0 amide bonds. The Kier molecular flexibility index (Phi) is 5.43. The Morgan fingerprint density at radius 3 is 2.42 bits per heavy atom. The van der Waals surface area contributed by atoms with Gasteiger partial charge in [-0.2, -0.15) is 0 Å². The third-order valence-electron chi connectivity index (χ3n) is 3.95. The van der Waals surface area contributed by atoms with Crippen molar-refractivity contribution in [1.29, 1.82) is 0 Å². The molecule has 0 atom stereocenters. The van der Waals surface area contributed by atoms with Gasteiger partial charge in [0.2, 0.25) is 0 Å². The molecule has 126 valence electrons. The number of piperazine rings is 1. The number of rotatable bonds is 2. The molecule has 1 fully saturated rings. The van der Waals surface area contributed by atoms with Gasteiger partial charge in [0.15, 0.2) is 5.11 Å². The Morgan fingerprint density at radius 2 is 1.71 bits per heavy atom. The summed E-state index contributed by atoms with van der Waals surface area (Å²) in [6.45, 7) is 2.81. The highest BCUT2D eigenvalue weighted by Gasteiger charge is 2.21. The van der Waals surface area contributed by atoms with Crippen molar-refractivity contribution in [2.45, 2.75) is 0 Å². The number of para-hydroxylation sites is 1. The summed E-state index contributed by atoms with van der Waals surface area (Å²) in [4.78, 5) is 4.07. The molecule has 1 aliphatic rings. The van der Waals surface area contributed by atoms with Crippen molar-refractivity contribution in [3.05, 3.63) is 58.3 Å². The summed E-state index contributed by atoms with van der Waals surface area (Å²) in [7, 11) is 0. The molecule has 1 aliphatic heterocycles. The molecule has 3 rings (SSSR count). The van der Waals surface area contributed by atoms with Crippen LogP contribution in [0.5, 0.6) is 0 Å². The van der Waals surface area contributed by atoms with Crippen LogP contribution >= 0.6 is 35.4 Å². The highest BCUT2D eigenvalue weighted by Crippen LogP contribution is 2.30. The molecular formula is C17H16Cl2FN3S. The first-order valence-electron chi connectivity index (χ1n) is 7.55. The molecular weight excluding hydrogens is 368 g/mol. The minimum absolute atomic E-state index is 0.197. The predicted molar refractivity (Wildman–Crippen MR) is 103 cm³/mol. The fraction of sp³-hybridized carbons (Fsp3) is 0.235. The summed E-state index contributed by atoms with van der Waals surface area (Å²) in [6, 6.07) is 12.2. The highest BCUT2D eigenvalue weighted by molar-refractivity contribution is 7.80. The van der Waals surface area contributed by atoms with E-state index >= 15 is 0 Å². The van der Waals surface area contributed by atoms with Crippen LogP contribution in [0.15, 0.2) is 42.5 Å². The molecule has 0 unspecified atom stereocenters. The third kappa shape index (κ3) is 3.74. The van der Waals surface area contributed by atoms with Crippen LogP contribution in [0, 0.1) is 5.82 Å². The van der Waals surface area contributed by atoms with Gasteiger partial charge in [0.1, 0.15) is 5.82 Å². The second-order valence-corrected chi connectivity index (χ2v) is 6.63. The molecule has 2 aromatic rings. The predicted octanol–water partition coefficient (Wildman–Crippen LogP) is 4.65. The minimum Gasteiger partial charge on any atom is -0.366 e. The molecule has 1 N–H and O–H groups in total. The van der Waals surface area contributed by atoms with E-state index < -0.39 is 0 Å². The number of hydrogen-bond donors (Lipinski definition) is 1. The lowest BCUT2D eigenvalue weighted by molar-refractivity contribution is 0.388. The number of halogens is 3. The highest BCUT2D eigenvalue weighted by atomic mass is 35.5. The Labute approximate surface area is 156 Å². The monoisotopic (exact) mass is 383 g/mol. The SMILES string of the molecule is Fc1ccccc1N1CCN(C(=S)Nc2cccc(Cl)c2Cl)CC1. The van der Waals surface area contributed by atoms with E-state index in [1.807, 2.05) is 28.0 Å². The quantitative estimate of drug-likeness (QED) is 0.760. The Balaban J connectivity index is 1.61. The Hall–Kier alpha value is -1.56. The maximum Gasteiger partial charge on any atom is 0.173 e. The van der Waals surface area contributed by atoms with Gasteiger partial charge >= 0.3 is 0 Å². The van der Waals surface area contributed by atoms with E-state index in [0.29, 0.717) is 52.7 Å². The van der Waals surface area contributed by atoms with Crippen molar-refractivity contribution in [1.82, 2.24) is 4.90 Å². The third-order valence-corrected chi connectivity index (χ3v) is 5.13. The first-order valence-corrected chi connectivity index (χ1v) is 8.72. The molecule has 24 heavy (non-hydrogen) atoms. The molecule has 3 nitrogen and oxygen atoms in total. The largest absolute Gasteiger partial charge is 0.366 e. The molecule has 7 heteroatoms. The first kappa shape index (κ1) is 17.3. The summed E-state index contributed by atoms with van der Waals surface area (Å²) in [5.41, 5.74) is 1.32. The second-order valence-electron chi connectivity index (χ2n) is 5.46. The smallest absolute Gasteiger partial charge is 0.173 e. The van der Waals surface area contributed by atoms with E-state index in [2.05, 4.69) is 5.32 Å². The van der Waals surface area contributed by atoms with Gasteiger partial charge in [0.05, 0.1) is 21.4 Å². The van der Waals surface area contributed by atoms with Crippen molar-refractivity contribution in [3.63, 3.8) is 0 Å². The average molecular weight is 384 g/mol. The summed E-state index contributed by atoms with van der Waals surface area (Å²) in [6.07, 6.45) is 0. The number of benzene rings is 2. The van der Waals surface area contributed by atoms with Gasteiger partial charge in [0.25, 0.3) is 0 Å². The van der Waals surface area contributed by atoms with Gasteiger partial charge in [-0.3, -0.25) is 0 Å². The molecule has 0 radical (unpaired) electrons. The summed E-state index contributed by atoms with van der Waals surface area (Å²) in [5.74, 6) is -0.197. The van der Waals surface area contributed by atoms with Crippen molar-refractivity contribution in [3.8, 4) is 0 Å². The number of hydrogen-bond acceptors (Lipinski definition) is 2. The van der Waals surface area contributed by atoms with Gasteiger partial charge in [-0.15, -0.1) is 0 Å². The van der Waals surface area contributed by atoms with Crippen LogP contribution in [-0.4, -0.2) is 36.2 Å². The molecule has 0 spiro atoms. The van der Waals surface area contributed by atoms with E-state index in [1.54, 1.807) is 18.2 Å². The molecule has 1 heterocycles. The summed E-state index contributed by atoms with van der Waals surface area (Å²) < 4.78 is 13.9. The number of nitrogens with zero attached hydrogens (tertiary/aromatic N) is 2. The van der Waals surface area contributed by atoms with Gasteiger partial charge in [-0.05, 0) is 36.5 Å². The van der Waals surface area contributed by atoms with Gasteiger partial charge in [-0.25, -0.2) is 4.39 Å². The maximum absolute atomic E-state index is 13.9. The summed E-state index contributed by atoms with van der Waals surface area (Å²) in [5, 5.41) is 4.66. The van der Waals surface area contributed by atoms with E-state index in [9.17, 15) is 4.39 Å². The van der Waals surface area contributed by atoms with Crippen molar-refractivity contribution < 1.29 is 4.39 Å². The molecule has 2 aromatic carbocycles. The van der Waals surface area contributed by atoms with Crippen LogP contribution in [0.2, 0.25) is 10.0 Å². The zero-order valence-corrected chi connectivity index (χ0v) is 15.1. The van der Waals surface area contributed by atoms with E-state index in [-0.39, 0.29) is 5.82 Å². The Bertz CT molecular complexity index is 748. The van der Waals surface area contributed by atoms with Crippen LogP contribution < -0.4 is 10.2 Å². The zero-order valence-electron chi connectivity index (χ0n) is 12.8. The van der Waals surface area contributed by atoms with Gasteiger partial charge < -0.3 is 15.1 Å². The van der Waals surface area contributed by atoms with Crippen molar-refractivity contribution in [2.75, 3.05) is 36.4 Å². The normalized spacial score (nSPS) is 14.6. The second kappa shape index (κ2) is 7.55. The minimum atomic E-state index is -0.197. The van der Waals surface area contributed by atoms with Gasteiger partial charge in [0, 0.05) is 26.2 Å². The van der Waals surface area contributed by atoms with E-state index in [0.717, 1.165) is 0 Å². The van der Waals surface area contributed by atoms with Crippen LogP contribution in [0.4, 0.5) is 15.8 Å². The van der Waals surface area contributed by atoms with Crippen LogP contribution in [0.25, 0.3) is 0 Å². The molecule has 0 bridgehead atoms. The lowest BCUT2D eigenvalue weighted by Crippen LogP contribution is -2.50. The van der Waals surface area contributed by atoms with Crippen LogP contribution in [-0.2, 0) is 0 Å². The first-order chi connectivity index (χ1) is 11.6. The van der Waals surface area contributed by atoms with E-state index in [1.165, 1.54) is 6.07 Å². The Morgan fingerprint density at radius 1 is 1.00 bits per heavy atom. The van der Waals surface area contributed by atoms with Crippen LogP contribution in [0.1, 0.15) is 0 Å². The van der Waals surface area contributed by atoms with Crippen LogP contribution in [0.3, 0.4) is 0 Å². The lowest BCUT2D eigenvalue weighted by atomic mass is 10.2. The van der Waals surface area contributed by atoms with Gasteiger partial charge in [-0.1, -0.05) is 41.4 Å². The fourth-order valence-electron chi connectivity index (χ4n) is 2.65. The van der Waals surface area contributed by atoms with Crippen molar-refractivity contribution in [2.24, 2.45) is 0 Å². The zero-order chi connectivity index (χ0) is 17.1. The lowest BCUT2D eigenvalue weighted by Gasteiger charge is -2.37. The number of anilines is 2. The van der Waals surface area contributed by atoms with E-state index in [4.69, 9.17) is 35.4 Å². The molecule has 0 saturated carbocycles. The average Bonchev–Trinajstić information content (AvgIpc) is 2.59. The number of nitrogens with one attached hydrogen (secondary N) is 1. The van der Waals surface area contributed by atoms with Crippen molar-refractivity contribution >= 4 is 51.9 Å². The standard InChI is InChI=1S/C17H16Cl2FN3S/c18-12-4-3-6-14(16(12)19)21-17(24)23-10-8-22(9-11-23)15-7-2-1-5-13(15)20/h1-7H,8-11H2,(H,21,24). The fourth-order valence-corrected chi connectivity index (χ4v) is 3.29. The molecule has 0 aliphatic carbocycles. The molecule has 1 saturated heterocycles. The topological polar surface area (TPSA) is 18.5 Å². The maximum atomic E-state index is 13.9. The molecule has 0 aromatic heterocycles.